The van der Waals surface area contributed by atoms with Gasteiger partial charge >= 0.3 is 0 Å². The van der Waals surface area contributed by atoms with Crippen molar-refractivity contribution in [1.29, 1.82) is 0 Å². The number of nitrogens with two attached hydrogens (primary N) is 1. The van der Waals surface area contributed by atoms with Gasteiger partial charge in [-0.25, -0.2) is 0 Å². The highest BCUT2D eigenvalue weighted by atomic mass is 16.5. The predicted molar refractivity (Wildman–Crippen MR) is 71.3 cm³/mol. The number of nitrogens with zero attached hydrogens (tertiary/aromatic N) is 2. The molecule has 5 heteroatoms. The van der Waals surface area contributed by atoms with Gasteiger partial charge in [0.05, 0.1) is 6.04 Å². The molecule has 0 bridgehead atoms. The Morgan fingerprint density at radius 3 is 2.95 bits per heavy atom. The molecule has 2 N–H and O–H groups in total. The molecule has 3 aromatic rings. The first kappa shape index (κ1) is 11.9. The molecule has 1 atom stereocenters. The quantitative estimate of drug-likeness (QED) is 0.776. The molecule has 0 aliphatic heterocycles. The molecule has 5 nitrogen and oxygen atoms in total. The van der Waals surface area contributed by atoms with E-state index in [-0.39, 0.29) is 6.04 Å². The Kier molecular flexibility index (Phi) is 3.05. The summed E-state index contributed by atoms with van der Waals surface area (Å²) in [7, 11) is 0. The predicted octanol–water partition coefficient (Wildman–Crippen LogP) is 3.28. The third-order valence-corrected chi connectivity index (χ3v) is 3.00. The number of benzene rings is 1. The summed E-state index contributed by atoms with van der Waals surface area (Å²) in [6, 6.07) is 9.45. The summed E-state index contributed by atoms with van der Waals surface area (Å²) in [6.07, 6.45) is 1.80. The Labute approximate surface area is 110 Å². The fourth-order valence-electron chi connectivity index (χ4n) is 2.01. The van der Waals surface area contributed by atoms with Crippen molar-refractivity contribution in [2.24, 2.45) is 5.73 Å². The minimum atomic E-state index is -0.212. The molecule has 0 spiro atoms. The third-order valence-electron chi connectivity index (χ3n) is 3.00. The summed E-state index contributed by atoms with van der Waals surface area (Å²) in [5, 5.41) is 4.94. The molecule has 2 heterocycles. The summed E-state index contributed by atoms with van der Waals surface area (Å²) < 4.78 is 10.9. The number of furan rings is 1. The molecule has 1 aromatic carbocycles. The molecule has 0 unspecified atom stereocenters. The zero-order chi connectivity index (χ0) is 13.2. The van der Waals surface area contributed by atoms with Crippen molar-refractivity contribution >= 4 is 11.0 Å². The summed E-state index contributed by atoms with van der Waals surface area (Å²) in [5.41, 5.74) is 6.75. The minimum absolute atomic E-state index is 0.212. The number of rotatable bonds is 4. The van der Waals surface area contributed by atoms with Crippen molar-refractivity contribution < 1.29 is 8.94 Å². The van der Waals surface area contributed by atoms with Gasteiger partial charge in [-0.15, -0.1) is 0 Å². The molecular formula is C14H15N3O2. The van der Waals surface area contributed by atoms with Gasteiger partial charge in [0.2, 0.25) is 11.7 Å². The zero-order valence-corrected chi connectivity index (χ0v) is 10.7. The maximum Gasteiger partial charge on any atom is 0.243 e. The van der Waals surface area contributed by atoms with Gasteiger partial charge in [-0.3, -0.25) is 0 Å². The largest absolute Gasteiger partial charge is 0.453 e. The van der Waals surface area contributed by atoms with Gasteiger partial charge in [-0.2, -0.15) is 4.98 Å². The van der Waals surface area contributed by atoms with Crippen LogP contribution < -0.4 is 5.73 Å². The van der Waals surface area contributed by atoms with Crippen LogP contribution in [-0.4, -0.2) is 10.1 Å². The monoisotopic (exact) mass is 257 g/mol. The molecule has 2 aromatic heterocycles. The highest BCUT2D eigenvalue weighted by Gasteiger charge is 2.17. The molecule has 0 radical (unpaired) electrons. The Hall–Kier alpha value is -2.14. The first-order valence-electron chi connectivity index (χ1n) is 6.36. The Morgan fingerprint density at radius 2 is 2.16 bits per heavy atom. The van der Waals surface area contributed by atoms with Crippen LogP contribution in [-0.2, 0) is 0 Å². The average molecular weight is 257 g/mol. The molecule has 3 rings (SSSR count). The lowest BCUT2D eigenvalue weighted by atomic mass is 10.2. The summed E-state index contributed by atoms with van der Waals surface area (Å²) >= 11 is 0. The van der Waals surface area contributed by atoms with Gasteiger partial charge in [-0.05, 0) is 18.6 Å². The van der Waals surface area contributed by atoms with Crippen LogP contribution in [0, 0.1) is 0 Å². The maximum absolute atomic E-state index is 5.95. The van der Waals surface area contributed by atoms with Crippen molar-refractivity contribution in [2.45, 2.75) is 25.8 Å². The van der Waals surface area contributed by atoms with Crippen LogP contribution in [0.3, 0.4) is 0 Å². The number of hydrogen-bond donors (Lipinski definition) is 1. The second kappa shape index (κ2) is 4.85. The van der Waals surface area contributed by atoms with E-state index in [0.717, 1.165) is 23.8 Å². The smallest absolute Gasteiger partial charge is 0.243 e. The van der Waals surface area contributed by atoms with E-state index in [2.05, 4.69) is 17.1 Å². The minimum Gasteiger partial charge on any atom is -0.453 e. The fraction of sp³-hybridized carbons (Fsp3) is 0.286. The molecule has 0 saturated heterocycles. The number of fused-ring (bicyclic) bond motifs is 1. The average Bonchev–Trinajstić information content (AvgIpc) is 3.05. The van der Waals surface area contributed by atoms with E-state index in [1.165, 1.54) is 0 Å². The number of para-hydroxylation sites is 1. The SMILES string of the molecule is CCC[C@@H](N)c1nc(-c2cc3ccccc3o2)no1. The molecule has 0 saturated carbocycles. The van der Waals surface area contributed by atoms with Crippen LogP contribution >= 0.6 is 0 Å². The van der Waals surface area contributed by atoms with Gasteiger partial charge < -0.3 is 14.7 Å². The van der Waals surface area contributed by atoms with Gasteiger partial charge in [0, 0.05) is 5.39 Å². The van der Waals surface area contributed by atoms with Crippen LogP contribution in [0.2, 0.25) is 0 Å². The normalized spacial score (nSPS) is 12.9. The van der Waals surface area contributed by atoms with Gasteiger partial charge in [-0.1, -0.05) is 36.7 Å². The second-order valence-electron chi connectivity index (χ2n) is 4.50. The lowest BCUT2D eigenvalue weighted by Crippen LogP contribution is -2.09. The maximum atomic E-state index is 5.95. The van der Waals surface area contributed by atoms with E-state index < -0.39 is 0 Å². The van der Waals surface area contributed by atoms with Crippen molar-refractivity contribution in [1.82, 2.24) is 10.1 Å². The Morgan fingerprint density at radius 1 is 1.32 bits per heavy atom. The lowest BCUT2D eigenvalue weighted by molar-refractivity contribution is 0.347. The molecule has 98 valence electrons. The van der Waals surface area contributed by atoms with E-state index >= 15 is 0 Å². The van der Waals surface area contributed by atoms with Gasteiger partial charge in [0.15, 0.2) is 5.76 Å². The number of hydrogen-bond acceptors (Lipinski definition) is 5. The Balaban J connectivity index is 1.93. The van der Waals surface area contributed by atoms with Crippen molar-refractivity contribution in [3.63, 3.8) is 0 Å². The standard InChI is InChI=1S/C14H15N3O2/c1-2-5-10(15)14-16-13(17-19-14)12-8-9-6-3-4-7-11(9)18-12/h3-4,6-8,10H,2,5,15H2,1H3/t10-/m1/s1. The first-order valence-corrected chi connectivity index (χ1v) is 6.36. The first-order chi connectivity index (χ1) is 9.28. The lowest BCUT2D eigenvalue weighted by Gasteiger charge is -2.01. The van der Waals surface area contributed by atoms with Gasteiger partial charge in [0.25, 0.3) is 0 Å². The van der Waals surface area contributed by atoms with Gasteiger partial charge in [0.1, 0.15) is 5.58 Å². The highest BCUT2D eigenvalue weighted by Crippen LogP contribution is 2.26. The molecule has 0 fully saturated rings. The molecular weight excluding hydrogens is 242 g/mol. The fourth-order valence-corrected chi connectivity index (χ4v) is 2.01. The van der Waals surface area contributed by atoms with Crippen molar-refractivity contribution in [3.8, 4) is 11.6 Å². The molecule has 0 aliphatic rings. The van der Waals surface area contributed by atoms with Crippen LogP contribution in [0.1, 0.15) is 31.7 Å². The summed E-state index contributed by atoms with van der Waals surface area (Å²) in [6.45, 7) is 2.07. The molecule has 0 amide bonds. The number of aromatic nitrogens is 2. The Bertz CT molecular complexity index is 654. The molecule has 19 heavy (non-hydrogen) atoms. The van der Waals surface area contributed by atoms with Crippen molar-refractivity contribution in [2.75, 3.05) is 0 Å². The van der Waals surface area contributed by atoms with E-state index in [1.54, 1.807) is 0 Å². The zero-order valence-electron chi connectivity index (χ0n) is 10.7. The third kappa shape index (κ3) is 2.24. The van der Waals surface area contributed by atoms with Crippen LogP contribution in [0.5, 0.6) is 0 Å². The summed E-state index contributed by atoms with van der Waals surface area (Å²) in [5.74, 6) is 1.50. The highest BCUT2D eigenvalue weighted by molar-refractivity contribution is 5.81. The second-order valence-corrected chi connectivity index (χ2v) is 4.50. The molecule has 0 aliphatic carbocycles. The van der Waals surface area contributed by atoms with E-state index in [9.17, 15) is 0 Å². The van der Waals surface area contributed by atoms with Crippen molar-refractivity contribution in [3.05, 3.63) is 36.2 Å². The topological polar surface area (TPSA) is 78.1 Å². The van der Waals surface area contributed by atoms with Crippen LogP contribution in [0.15, 0.2) is 39.3 Å². The van der Waals surface area contributed by atoms with Crippen LogP contribution in [0.25, 0.3) is 22.6 Å². The van der Waals surface area contributed by atoms with E-state index in [4.69, 9.17) is 14.7 Å². The van der Waals surface area contributed by atoms with E-state index in [1.807, 2.05) is 30.3 Å². The summed E-state index contributed by atoms with van der Waals surface area (Å²) in [4.78, 5) is 4.30. The van der Waals surface area contributed by atoms with Crippen LogP contribution in [0.4, 0.5) is 0 Å². The van der Waals surface area contributed by atoms with E-state index in [0.29, 0.717) is 17.5 Å².